The number of halogens is 1. The maximum Gasteiger partial charge on any atom is 0.238 e. The van der Waals surface area contributed by atoms with Crippen molar-refractivity contribution < 1.29 is 13.9 Å². The standard InChI is InChI=1S/C15H22FN3O2/c1-21-14-5-6-19(13(8-14)9-17)10-15(20)18-12-4-2-3-11(16)7-12/h2-4,7,13-14H,5-6,8-10,17H2,1H3,(H,18,20). The summed E-state index contributed by atoms with van der Waals surface area (Å²) in [5.41, 5.74) is 6.25. The third kappa shape index (κ3) is 4.49. The van der Waals surface area contributed by atoms with Crippen LogP contribution >= 0.6 is 0 Å². The lowest BCUT2D eigenvalue weighted by atomic mass is 9.99. The van der Waals surface area contributed by atoms with Crippen LogP contribution < -0.4 is 11.1 Å². The fourth-order valence-corrected chi connectivity index (χ4v) is 2.68. The highest BCUT2D eigenvalue weighted by molar-refractivity contribution is 5.92. The van der Waals surface area contributed by atoms with E-state index in [1.165, 1.54) is 12.1 Å². The first-order chi connectivity index (χ1) is 10.1. The van der Waals surface area contributed by atoms with Crippen LogP contribution in [0.3, 0.4) is 0 Å². The van der Waals surface area contributed by atoms with Gasteiger partial charge in [0.2, 0.25) is 5.91 Å². The Morgan fingerprint density at radius 3 is 3.05 bits per heavy atom. The minimum Gasteiger partial charge on any atom is -0.381 e. The molecule has 1 aliphatic heterocycles. The van der Waals surface area contributed by atoms with Gasteiger partial charge in [0.15, 0.2) is 0 Å². The number of anilines is 1. The van der Waals surface area contributed by atoms with Crippen molar-refractivity contribution in [3.05, 3.63) is 30.1 Å². The largest absolute Gasteiger partial charge is 0.381 e. The van der Waals surface area contributed by atoms with E-state index in [2.05, 4.69) is 10.2 Å². The maximum absolute atomic E-state index is 13.1. The molecule has 0 saturated carbocycles. The Balaban J connectivity index is 1.89. The zero-order valence-corrected chi connectivity index (χ0v) is 12.2. The molecule has 1 heterocycles. The number of hydrogen-bond acceptors (Lipinski definition) is 4. The van der Waals surface area contributed by atoms with Gasteiger partial charge in [0.25, 0.3) is 0 Å². The summed E-state index contributed by atoms with van der Waals surface area (Å²) in [6.45, 7) is 1.53. The third-order valence-corrected chi connectivity index (χ3v) is 3.85. The van der Waals surface area contributed by atoms with E-state index in [-0.39, 0.29) is 30.4 Å². The van der Waals surface area contributed by atoms with Crippen LogP contribution in [0.1, 0.15) is 12.8 Å². The lowest BCUT2D eigenvalue weighted by Gasteiger charge is -2.37. The second-order valence-electron chi connectivity index (χ2n) is 5.30. The first kappa shape index (κ1) is 15.9. The average Bonchev–Trinajstić information content (AvgIpc) is 2.47. The number of benzene rings is 1. The number of amides is 1. The Hall–Kier alpha value is -1.50. The number of piperidine rings is 1. The summed E-state index contributed by atoms with van der Waals surface area (Å²) in [4.78, 5) is 14.1. The Morgan fingerprint density at radius 2 is 2.38 bits per heavy atom. The fraction of sp³-hybridized carbons (Fsp3) is 0.533. The van der Waals surface area contributed by atoms with Crippen molar-refractivity contribution in [2.75, 3.05) is 32.1 Å². The molecule has 0 spiro atoms. The molecule has 1 amide bonds. The molecule has 0 bridgehead atoms. The summed E-state index contributed by atoms with van der Waals surface area (Å²) in [5.74, 6) is -0.525. The molecule has 0 radical (unpaired) electrons. The Labute approximate surface area is 124 Å². The minimum absolute atomic E-state index is 0.141. The van der Waals surface area contributed by atoms with Gasteiger partial charge in [-0.2, -0.15) is 0 Å². The van der Waals surface area contributed by atoms with Crippen molar-refractivity contribution >= 4 is 11.6 Å². The number of likely N-dealkylation sites (tertiary alicyclic amines) is 1. The van der Waals surface area contributed by atoms with Crippen molar-refractivity contribution in [1.82, 2.24) is 4.90 Å². The van der Waals surface area contributed by atoms with Crippen LogP contribution in [0.25, 0.3) is 0 Å². The molecule has 5 nitrogen and oxygen atoms in total. The molecular formula is C15H22FN3O2. The van der Waals surface area contributed by atoms with E-state index in [9.17, 15) is 9.18 Å². The zero-order valence-electron chi connectivity index (χ0n) is 12.2. The van der Waals surface area contributed by atoms with Crippen molar-refractivity contribution in [1.29, 1.82) is 0 Å². The summed E-state index contributed by atoms with van der Waals surface area (Å²) in [7, 11) is 1.70. The summed E-state index contributed by atoms with van der Waals surface area (Å²) in [6.07, 6.45) is 1.93. The smallest absolute Gasteiger partial charge is 0.238 e. The first-order valence-electron chi connectivity index (χ1n) is 7.14. The minimum atomic E-state index is -0.367. The van der Waals surface area contributed by atoms with E-state index < -0.39 is 0 Å². The topological polar surface area (TPSA) is 67.6 Å². The van der Waals surface area contributed by atoms with Gasteiger partial charge in [-0.1, -0.05) is 6.07 Å². The predicted molar refractivity (Wildman–Crippen MR) is 79.5 cm³/mol. The van der Waals surface area contributed by atoms with Crippen molar-refractivity contribution in [3.8, 4) is 0 Å². The van der Waals surface area contributed by atoms with Crippen LogP contribution in [0.15, 0.2) is 24.3 Å². The molecule has 6 heteroatoms. The van der Waals surface area contributed by atoms with Gasteiger partial charge in [0.1, 0.15) is 5.82 Å². The number of nitrogens with two attached hydrogens (primary N) is 1. The van der Waals surface area contributed by atoms with Crippen LogP contribution in [0.2, 0.25) is 0 Å². The highest BCUT2D eigenvalue weighted by atomic mass is 19.1. The molecule has 1 aliphatic rings. The number of nitrogens with zero attached hydrogens (tertiary/aromatic N) is 1. The normalized spacial score (nSPS) is 23.0. The molecule has 1 saturated heterocycles. The molecule has 1 aromatic carbocycles. The van der Waals surface area contributed by atoms with Gasteiger partial charge in [-0.15, -0.1) is 0 Å². The van der Waals surface area contributed by atoms with Gasteiger partial charge in [-0.25, -0.2) is 4.39 Å². The van der Waals surface area contributed by atoms with E-state index in [4.69, 9.17) is 10.5 Å². The molecule has 1 fully saturated rings. The van der Waals surface area contributed by atoms with E-state index in [0.717, 1.165) is 19.4 Å². The monoisotopic (exact) mass is 295 g/mol. The van der Waals surface area contributed by atoms with Gasteiger partial charge >= 0.3 is 0 Å². The van der Waals surface area contributed by atoms with Crippen LogP contribution in [-0.2, 0) is 9.53 Å². The quantitative estimate of drug-likeness (QED) is 0.856. The van der Waals surface area contributed by atoms with Gasteiger partial charge < -0.3 is 15.8 Å². The second-order valence-corrected chi connectivity index (χ2v) is 5.30. The number of methoxy groups -OCH3 is 1. The van der Waals surface area contributed by atoms with E-state index in [0.29, 0.717) is 12.2 Å². The Morgan fingerprint density at radius 1 is 1.57 bits per heavy atom. The summed E-state index contributed by atoms with van der Waals surface area (Å²) < 4.78 is 18.4. The molecule has 1 aromatic rings. The lowest BCUT2D eigenvalue weighted by Crippen LogP contribution is -2.50. The molecular weight excluding hydrogens is 273 g/mol. The second kappa shape index (κ2) is 7.49. The van der Waals surface area contributed by atoms with E-state index in [1.54, 1.807) is 19.2 Å². The number of carbonyl (C=O) groups excluding carboxylic acids is 1. The average molecular weight is 295 g/mol. The van der Waals surface area contributed by atoms with Crippen LogP contribution in [0, 0.1) is 5.82 Å². The van der Waals surface area contributed by atoms with Crippen LogP contribution in [0.4, 0.5) is 10.1 Å². The maximum atomic E-state index is 13.1. The lowest BCUT2D eigenvalue weighted by molar-refractivity contribution is -0.118. The summed E-state index contributed by atoms with van der Waals surface area (Å²) in [6, 6.07) is 6.02. The molecule has 2 rings (SSSR count). The Kier molecular flexibility index (Phi) is 5.67. The summed E-state index contributed by atoms with van der Waals surface area (Å²) in [5, 5.41) is 2.71. The number of nitrogens with one attached hydrogen (secondary N) is 1. The predicted octanol–water partition coefficient (Wildman–Crippen LogP) is 1.20. The van der Waals surface area contributed by atoms with Gasteiger partial charge in [-0.05, 0) is 31.0 Å². The molecule has 0 aliphatic carbocycles. The number of hydrogen-bond donors (Lipinski definition) is 2. The van der Waals surface area contributed by atoms with Crippen molar-refractivity contribution in [3.63, 3.8) is 0 Å². The van der Waals surface area contributed by atoms with E-state index >= 15 is 0 Å². The van der Waals surface area contributed by atoms with Crippen LogP contribution in [-0.4, -0.2) is 49.7 Å². The van der Waals surface area contributed by atoms with Gasteiger partial charge in [-0.3, -0.25) is 9.69 Å². The molecule has 116 valence electrons. The first-order valence-corrected chi connectivity index (χ1v) is 7.14. The molecule has 0 aromatic heterocycles. The van der Waals surface area contributed by atoms with Crippen molar-refractivity contribution in [2.24, 2.45) is 5.73 Å². The molecule has 3 N–H and O–H groups in total. The summed E-state index contributed by atoms with van der Waals surface area (Å²) >= 11 is 0. The third-order valence-electron chi connectivity index (χ3n) is 3.85. The Bertz CT molecular complexity index is 484. The number of rotatable bonds is 5. The number of carbonyl (C=O) groups is 1. The molecule has 2 atom stereocenters. The highest BCUT2D eigenvalue weighted by Gasteiger charge is 2.28. The fourth-order valence-electron chi connectivity index (χ4n) is 2.68. The van der Waals surface area contributed by atoms with E-state index in [1.807, 2.05) is 0 Å². The van der Waals surface area contributed by atoms with Gasteiger partial charge in [0, 0.05) is 31.9 Å². The highest BCUT2D eigenvalue weighted by Crippen LogP contribution is 2.19. The molecule has 2 unspecified atom stereocenters. The zero-order chi connectivity index (χ0) is 15.2. The van der Waals surface area contributed by atoms with Crippen LogP contribution in [0.5, 0.6) is 0 Å². The van der Waals surface area contributed by atoms with Crippen molar-refractivity contribution in [2.45, 2.75) is 25.0 Å². The SMILES string of the molecule is COC1CCN(CC(=O)Nc2cccc(F)c2)C(CN)C1. The number of ether oxygens (including phenoxy) is 1. The molecule has 21 heavy (non-hydrogen) atoms. The van der Waals surface area contributed by atoms with Gasteiger partial charge in [0.05, 0.1) is 12.6 Å².